The summed E-state index contributed by atoms with van der Waals surface area (Å²) in [5.41, 5.74) is 0. The monoisotopic (exact) mass is 822 g/mol. The van der Waals surface area contributed by atoms with Crippen molar-refractivity contribution in [3.05, 3.63) is 97.2 Å². The maximum Gasteiger partial charge on any atom is 0.472 e. The van der Waals surface area contributed by atoms with E-state index in [9.17, 15) is 44.6 Å². The van der Waals surface area contributed by atoms with Crippen molar-refractivity contribution in [1.29, 1.82) is 0 Å². The highest BCUT2D eigenvalue weighted by atomic mass is 31.2. The second-order valence-electron chi connectivity index (χ2n) is 13.6. The summed E-state index contributed by atoms with van der Waals surface area (Å²) in [4.78, 5) is 35.5. The van der Waals surface area contributed by atoms with Crippen LogP contribution < -0.4 is 0 Å². The summed E-state index contributed by atoms with van der Waals surface area (Å²) in [5.74, 6) is -1.21. The molecule has 0 spiro atoms. The first-order chi connectivity index (χ1) is 27.4. The number of aliphatic hydroxyl groups is 5. The lowest BCUT2D eigenvalue weighted by molar-refractivity contribution is -0.220. The van der Waals surface area contributed by atoms with Crippen molar-refractivity contribution >= 4 is 19.8 Å². The van der Waals surface area contributed by atoms with Crippen LogP contribution in [0.25, 0.3) is 0 Å². The smallest absolute Gasteiger partial charge is 0.462 e. The lowest BCUT2D eigenvalue weighted by Gasteiger charge is -2.41. The van der Waals surface area contributed by atoms with E-state index in [2.05, 4.69) is 38.2 Å². The number of esters is 2. The van der Waals surface area contributed by atoms with Crippen molar-refractivity contribution in [2.75, 3.05) is 13.2 Å². The van der Waals surface area contributed by atoms with Gasteiger partial charge in [0.2, 0.25) is 0 Å². The number of phosphoric ester groups is 1. The number of aliphatic hydroxyl groups excluding tert-OH is 5. The molecular formula is C43H67O13P. The van der Waals surface area contributed by atoms with Gasteiger partial charge in [0.05, 0.1) is 6.61 Å². The van der Waals surface area contributed by atoms with Crippen LogP contribution >= 0.6 is 7.82 Å². The molecule has 0 aromatic carbocycles. The van der Waals surface area contributed by atoms with Crippen LogP contribution in [0.15, 0.2) is 97.2 Å². The topological polar surface area (TPSA) is 210 Å². The Morgan fingerprint density at radius 3 is 1.49 bits per heavy atom. The molecular weight excluding hydrogens is 755 g/mol. The highest BCUT2D eigenvalue weighted by Gasteiger charge is 2.51. The number of allylic oxidation sites excluding steroid dienone is 16. The van der Waals surface area contributed by atoms with E-state index in [0.717, 1.165) is 57.8 Å². The van der Waals surface area contributed by atoms with Gasteiger partial charge in [0.25, 0.3) is 0 Å². The van der Waals surface area contributed by atoms with E-state index in [1.165, 1.54) is 0 Å². The van der Waals surface area contributed by atoms with Gasteiger partial charge in [0.15, 0.2) is 6.10 Å². The fourth-order valence-corrected chi connectivity index (χ4v) is 6.35. The molecule has 322 valence electrons. The third-order valence-corrected chi connectivity index (χ3v) is 9.60. The number of rotatable bonds is 30. The first-order valence-corrected chi connectivity index (χ1v) is 21.6. The second kappa shape index (κ2) is 32.7. The Kier molecular flexibility index (Phi) is 29.7. The second-order valence-corrected chi connectivity index (χ2v) is 15.0. The van der Waals surface area contributed by atoms with Crippen molar-refractivity contribution in [3.63, 3.8) is 0 Å². The quantitative estimate of drug-likeness (QED) is 0.0193. The average molecular weight is 823 g/mol. The van der Waals surface area contributed by atoms with Gasteiger partial charge in [-0.1, -0.05) is 143 Å². The summed E-state index contributed by atoms with van der Waals surface area (Å²) in [7, 11) is -5.14. The van der Waals surface area contributed by atoms with E-state index in [1.807, 2.05) is 72.9 Å². The van der Waals surface area contributed by atoms with Crippen LogP contribution in [0.5, 0.6) is 0 Å². The predicted octanol–water partition coefficient (Wildman–Crippen LogP) is 6.71. The molecule has 0 aromatic rings. The fraction of sp³-hybridized carbons (Fsp3) is 0.581. The maximum atomic E-state index is 12.8. The predicted molar refractivity (Wildman–Crippen MR) is 221 cm³/mol. The van der Waals surface area contributed by atoms with E-state index < -0.39 is 75.7 Å². The van der Waals surface area contributed by atoms with E-state index >= 15 is 0 Å². The largest absolute Gasteiger partial charge is 0.472 e. The zero-order chi connectivity index (χ0) is 42.2. The number of hydrogen-bond donors (Lipinski definition) is 6. The molecule has 8 atom stereocenters. The van der Waals surface area contributed by atoms with Crippen LogP contribution in [0.2, 0.25) is 0 Å². The lowest BCUT2D eigenvalue weighted by atomic mass is 9.85. The van der Waals surface area contributed by atoms with E-state index in [1.54, 1.807) is 0 Å². The van der Waals surface area contributed by atoms with Crippen LogP contribution in [-0.2, 0) is 32.7 Å². The maximum absolute atomic E-state index is 12.8. The standard InChI is InChI=1S/C43H67O13P/c1-3-5-7-9-11-13-15-17-18-20-21-23-25-27-29-31-36(44)53-33-35(34-54-57(51,52)56-43-41(49)39(47)38(46)40(48)42(43)50)55-37(45)32-30-28-26-24-22-19-16-14-12-10-8-6-4-2/h5-16,19,22,24,26,35,38-43,46-50H,3-4,17-18,20-21,23,25,27-34H2,1-2H3,(H,51,52)/b7-5+,8-6+,11-9+,12-10+,15-13+,16-14+,22-19+,26-24+/t35?,38?,39-,40?,41?,42?,43?/m0/s1. The molecule has 1 aliphatic rings. The van der Waals surface area contributed by atoms with Crippen molar-refractivity contribution in [2.24, 2.45) is 0 Å². The van der Waals surface area contributed by atoms with Gasteiger partial charge in [0, 0.05) is 12.8 Å². The van der Waals surface area contributed by atoms with Gasteiger partial charge in [-0.2, -0.15) is 0 Å². The average Bonchev–Trinajstić information content (AvgIpc) is 3.19. The summed E-state index contributed by atoms with van der Waals surface area (Å²) in [6, 6.07) is 0. The normalized spacial score (nSPS) is 23.7. The van der Waals surface area contributed by atoms with Crippen LogP contribution in [-0.4, -0.2) is 98.3 Å². The van der Waals surface area contributed by atoms with Crippen LogP contribution in [0.1, 0.15) is 104 Å². The SMILES string of the molecule is CC/C=C/C=C/C=C/C=C/C=C/CCCC(=O)OC(COC(=O)CCCCCCCCC/C=C/C=C/C=C/CC)COP(=O)(O)OC1C(O)C(O)C(O)[C@H](O)C1O. The number of phosphoric acid groups is 1. The first-order valence-electron chi connectivity index (χ1n) is 20.1. The van der Waals surface area contributed by atoms with Crippen molar-refractivity contribution < 1.29 is 63.1 Å². The zero-order valence-electron chi connectivity index (χ0n) is 33.6. The van der Waals surface area contributed by atoms with Crippen LogP contribution in [0, 0.1) is 0 Å². The minimum Gasteiger partial charge on any atom is -0.462 e. The molecule has 0 bridgehead atoms. The minimum absolute atomic E-state index is 0.00862. The molecule has 0 amide bonds. The van der Waals surface area contributed by atoms with Gasteiger partial charge < -0.3 is 39.9 Å². The van der Waals surface area contributed by atoms with Gasteiger partial charge in [0.1, 0.15) is 43.2 Å². The molecule has 14 heteroatoms. The molecule has 13 nitrogen and oxygen atoms in total. The Balaban J connectivity index is 2.59. The fourth-order valence-electron chi connectivity index (χ4n) is 5.37. The number of unbranched alkanes of at least 4 members (excludes halogenated alkanes) is 8. The van der Waals surface area contributed by atoms with Gasteiger partial charge in [-0.3, -0.25) is 18.6 Å². The highest BCUT2D eigenvalue weighted by Crippen LogP contribution is 2.47. The van der Waals surface area contributed by atoms with Gasteiger partial charge in [-0.15, -0.1) is 0 Å². The molecule has 57 heavy (non-hydrogen) atoms. The molecule has 0 saturated heterocycles. The van der Waals surface area contributed by atoms with Crippen molar-refractivity contribution in [3.8, 4) is 0 Å². The van der Waals surface area contributed by atoms with Crippen LogP contribution in [0.3, 0.4) is 0 Å². The lowest BCUT2D eigenvalue weighted by Crippen LogP contribution is -2.64. The summed E-state index contributed by atoms with van der Waals surface area (Å²) >= 11 is 0. The minimum atomic E-state index is -5.14. The van der Waals surface area contributed by atoms with Crippen molar-refractivity contribution in [1.82, 2.24) is 0 Å². The van der Waals surface area contributed by atoms with Crippen LogP contribution in [0.4, 0.5) is 0 Å². The van der Waals surface area contributed by atoms with Gasteiger partial charge >= 0.3 is 19.8 Å². The molecule has 7 unspecified atom stereocenters. The van der Waals surface area contributed by atoms with E-state index in [0.29, 0.717) is 19.3 Å². The summed E-state index contributed by atoms with van der Waals surface area (Å²) in [6.07, 6.45) is 29.2. The van der Waals surface area contributed by atoms with Gasteiger partial charge in [-0.25, -0.2) is 4.57 Å². The summed E-state index contributed by atoms with van der Waals surface area (Å²) in [5, 5.41) is 50.0. The molecule has 1 fully saturated rings. The highest BCUT2D eigenvalue weighted by molar-refractivity contribution is 7.47. The Morgan fingerprint density at radius 2 is 0.965 bits per heavy atom. The van der Waals surface area contributed by atoms with E-state index in [4.69, 9.17) is 18.5 Å². The molecule has 0 aliphatic heterocycles. The van der Waals surface area contributed by atoms with Crippen molar-refractivity contribution in [2.45, 2.75) is 146 Å². The molecule has 6 N–H and O–H groups in total. The number of carbonyl (C=O) groups is 2. The third kappa shape index (κ3) is 25.7. The zero-order valence-corrected chi connectivity index (χ0v) is 34.5. The molecule has 1 saturated carbocycles. The Morgan fingerprint density at radius 1 is 0.544 bits per heavy atom. The first kappa shape index (κ1) is 51.8. The number of ether oxygens (including phenoxy) is 2. The third-order valence-electron chi connectivity index (χ3n) is 8.61. The summed E-state index contributed by atoms with van der Waals surface area (Å²) < 4.78 is 33.3. The Labute approximate surface area is 339 Å². The molecule has 1 aliphatic carbocycles. The number of hydrogen-bond acceptors (Lipinski definition) is 12. The molecule has 1 rings (SSSR count). The molecule has 0 radical (unpaired) electrons. The van der Waals surface area contributed by atoms with E-state index in [-0.39, 0.29) is 12.8 Å². The Bertz CT molecular complexity index is 1370. The number of carbonyl (C=O) groups excluding carboxylic acids is 2. The molecule has 0 heterocycles. The summed E-state index contributed by atoms with van der Waals surface area (Å²) in [6.45, 7) is 2.91. The van der Waals surface area contributed by atoms with Gasteiger partial charge in [-0.05, 0) is 44.9 Å². The Hall–Kier alpha value is -3.23. The molecule has 0 aromatic heterocycles.